The van der Waals surface area contributed by atoms with Crippen molar-refractivity contribution in [1.82, 2.24) is 10.6 Å². The van der Waals surface area contributed by atoms with Gasteiger partial charge in [0.25, 0.3) is 0 Å². The van der Waals surface area contributed by atoms with E-state index >= 15 is 0 Å². The first-order valence-corrected chi connectivity index (χ1v) is 7.36. The zero-order valence-electron chi connectivity index (χ0n) is 13.4. The van der Waals surface area contributed by atoms with Crippen molar-refractivity contribution in [1.29, 1.82) is 0 Å². The molecule has 0 bridgehead atoms. The monoisotopic (exact) mass is 347 g/mol. The maximum atomic E-state index is 12.1. The third-order valence-corrected chi connectivity index (χ3v) is 4.33. The smallest absolute Gasteiger partial charge is 0.223 e. The molecule has 1 aliphatic rings. The first kappa shape index (κ1) is 21.0. The van der Waals surface area contributed by atoms with Crippen LogP contribution < -0.4 is 15.5 Å². The lowest BCUT2D eigenvalue weighted by atomic mass is 9.88. The average molecular weight is 348 g/mol. The predicted octanol–water partition coefficient (Wildman–Crippen LogP) is 2.33. The Morgan fingerprint density at radius 2 is 1.86 bits per heavy atom. The van der Waals surface area contributed by atoms with Gasteiger partial charge in [0.15, 0.2) is 0 Å². The lowest BCUT2D eigenvalue weighted by Crippen LogP contribution is -2.51. The molecular formula is C16H27Cl2N3O. The molecule has 0 saturated carbocycles. The molecule has 22 heavy (non-hydrogen) atoms. The Kier molecular flexibility index (Phi) is 9.49. The van der Waals surface area contributed by atoms with Gasteiger partial charge in [-0.05, 0) is 38.1 Å². The zero-order valence-corrected chi connectivity index (χ0v) is 15.0. The maximum Gasteiger partial charge on any atom is 0.223 e. The van der Waals surface area contributed by atoms with Gasteiger partial charge >= 0.3 is 0 Å². The summed E-state index contributed by atoms with van der Waals surface area (Å²) in [6.07, 6.45) is 0. The first-order chi connectivity index (χ1) is 9.59. The third kappa shape index (κ3) is 5.34. The van der Waals surface area contributed by atoms with Crippen LogP contribution in [-0.2, 0) is 4.79 Å². The number of nitrogens with zero attached hydrogens (tertiary/aromatic N) is 1. The van der Waals surface area contributed by atoms with Crippen LogP contribution in [0.25, 0.3) is 0 Å². The third-order valence-electron chi connectivity index (χ3n) is 4.33. The molecule has 2 atom stereocenters. The lowest BCUT2D eigenvalue weighted by Gasteiger charge is -2.32. The van der Waals surface area contributed by atoms with Gasteiger partial charge in [0, 0.05) is 31.2 Å². The molecule has 1 amide bonds. The number of hydrogen-bond donors (Lipinski definition) is 2. The molecule has 1 heterocycles. The summed E-state index contributed by atoms with van der Waals surface area (Å²) in [7, 11) is 2.06. The summed E-state index contributed by atoms with van der Waals surface area (Å²) in [5.74, 6) is 0.771. The van der Waals surface area contributed by atoms with Crippen molar-refractivity contribution in [2.45, 2.75) is 19.9 Å². The molecule has 2 N–H and O–H groups in total. The second kappa shape index (κ2) is 9.93. The number of rotatable bonds is 6. The van der Waals surface area contributed by atoms with Gasteiger partial charge < -0.3 is 15.5 Å². The predicted molar refractivity (Wildman–Crippen MR) is 97.3 cm³/mol. The number of nitrogens with one attached hydrogen (secondary N) is 2. The number of halogens is 2. The summed E-state index contributed by atoms with van der Waals surface area (Å²) < 4.78 is 0. The van der Waals surface area contributed by atoms with E-state index in [4.69, 9.17) is 0 Å². The van der Waals surface area contributed by atoms with E-state index in [1.165, 1.54) is 5.69 Å². The number of benzene rings is 1. The van der Waals surface area contributed by atoms with Crippen molar-refractivity contribution in [3.8, 4) is 0 Å². The molecule has 2 unspecified atom stereocenters. The quantitative estimate of drug-likeness (QED) is 0.829. The number of hydrogen-bond acceptors (Lipinski definition) is 3. The van der Waals surface area contributed by atoms with Crippen LogP contribution in [-0.4, -0.2) is 38.6 Å². The maximum absolute atomic E-state index is 12.1. The van der Waals surface area contributed by atoms with Crippen LogP contribution in [0.1, 0.15) is 13.8 Å². The van der Waals surface area contributed by atoms with Gasteiger partial charge in [0.1, 0.15) is 0 Å². The fourth-order valence-corrected chi connectivity index (χ4v) is 2.34. The van der Waals surface area contributed by atoms with Crippen LogP contribution in [0.5, 0.6) is 0 Å². The Morgan fingerprint density at radius 1 is 1.27 bits per heavy atom. The normalized spacial score (nSPS) is 16.3. The van der Waals surface area contributed by atoms with E-state index in [0.717, 1.165) is 13.1 Å². The van der Waals surface area contributed by atoms with Crippen molar-refractivity contribution in [3.05, 3.63) is 30.3 Å². The Balaban J connectivity index is 0.00000220. The summed E-state index contributed by atoms with van der Waals surface area (Å²) in [6.45, 7) is 6.76. The van der Waals surface area contributed by atoms with Gasteiger partial charge in [-0.1, -0.05) is 25.1 Å². The zero-order chi connectivity index (χ0) is 14.5. The highest BCUT2D eigenvalue weighted by Crippen LogP contribution is 2.16. The number of amides is 1. The second-order valence-corrected chi connectivity index (χ2v) is 5.75. The standard InChI is InChI=1S/C16H25N3O.2ClH/c1-12(19(3)15-7-5-4-6-8-15)9-18-16(20)13(2)14-10-17-11-14;;/h4-8,12-14,17H,9-11H2,1-3H3,(H,18,20);2*1H. The minimum Gasteiger partial charge on any atom is -0.370 e. The summed E-state index contributed by atoms with van der Waals surface area (Å²) in [6, 6.07) is 10.5. The van der Waals surface area contributed by atoms with E-state index < -0.39 is 0 Å². The highest BCUT2D eigenvalue weighted by Gasteiger charge is 2.28. The van der Waals surface area contributed by atoms with E-state index in [2.05, 4.69) is 41.6 Å². The van der Waals surface area contributed by atoms with Gasteiger partial charge in [-0.25, -0.2) is 0 Å². The Hall–Kier alpha value is -0.970. The van der Waals surface area contributed by atoms with Crippen molar-refractivity contribution >= 4 is 36.4 Å². The van der Waals surface area contributed by atoms with E-state index in [0.29, 0.717) is 12.5 Å². The van der Waals surface area contributed by atoms with E-state index in [1.807, 2.05) is 25.1 Å². The van der Waals surface area contributed by atoms with Crippen molar-refractivity contribution in [3.63, 3.8) is 0 Å². The van der Waals surface area contributed by atoms with Gasteiger partial charge in [0.2, 0.25) is 5.91 Å². The summed E-state index contributed by atoms with van der Waals surface area (Å²) in [4.78, 5) is 14.3. The Labute approximate surface area is 145 Å². The summed E-state index contributed by atoms with van der Waals surface area (Å²) in [5, 5.41) is 6.29. The fourth-order valence-electron chi connectivity index (χ4n) is 2.34. The summed E-state index contributed by atoms with van der Waals surface area (Å²) >= 11 is 0. The average Bonchev–Trinajstić information content (AvgIpc) is 2.42. The molecule has 1 fully saturated rings. The minimum atomic E-state index is 0. The van der Waals surface area contributed by atoms with Gasteiger partial charge in [-0.2, -0.15) is 0 Å². The largest absolute Gasteiger partial charge is 0.370 e. The second-order valence-electron chi connectivity index (χ2n) is 5.75. The number of carbonyl (C=O) groups is 1. The molecule has 126 valence electrons. The number of carbonyl (C=O) groups excluding carboxylic acids is 1. The molecule has 6 heteroatoms. The molecule has 2 rings (SSSR count). The highest BCUT2D eigenvalue weighted by atomic mass is 35.5. The molecule has 0 radical (unpaired) electrons. The number of likely N-dealkylation sites (N-methyl/N-ethyl adjacent to an activating group) is 1. The highest BCUT2D eigenvalue weighted by molar-refractivity contribution is 5.85. The van der Waals surface area contributed by atoms with Crippen molar-refractivity contribution in [2.24, 2.45) is 11.8 Å². The SMILES string of the molecule is CC(C(=O)NCC(C)N(C)c1ccccc1)C1CNC1.Cl.Cl. The van der Waals surface area contributed by atoms with Gasteiger partial charge in [-0.15, -0.1) is 24.8 Å². The molecule has 1 aromatic carbocycles. The van der Waals surface area contributed by atoms with Crippen LogP contribution >= 0.6 is 24.8 Å². The number of para-hydroxylation sites is 1. The fraction of sp³-hybridized carbons (Fsp3) is 0.562. The minimum absolute atomic E-state index is 0. The molecule has 0 aromatic heterocycles. The topological polar surface area (TPSA) is 44.4 Å². The molecule has 0 spiro atoms. The Bertz CT molecular complexity index is 440. The summed E-state index contributed by atoms with van der Waals surface area (Å²) in [5.41, 5.74) is 1.17. The van der Waals surface area contributed by atoms with E-state index in [-0.39, 0.29) is 42.7 Å². The molecule has 0 aliphatic carbocycles. The van der Waals surface area contributed by atoms with Crippen molar-refractivity contribution < 1.29 is 4.79 Å². The van der Waals surface area contributed by atoms with Crippen LogP contribution in [0.3, 0.4) is 0 Å². The van der Waals surface area contributed by atoms with E-state index in [1.54, 1.807) is 0 Å². The van der Waals surface area contributed by atoms with Gasteiger partial charge in [0.05, 0.1) is 0 Å². The molecule has 1 saturated heterocycles. The Morgan fingerprint density at radius 3 is 2.36 bits per heavy atom. The molecule has 1 aliphatic heterocycles. The molecular weight excluding hydrogens is 321 g/mol. The van der Waals surface area contributed by atoms with Crippen LogP contribution in [0, 0.1) is 11.8 Å². The molecule has 4 nitrogen and oxygen atoms in total. The van der Waals surface area contributed by atoms with Crippen LogP contribution in [0.15, 0.2) is 30.3 Å². The van der Waals surface area contributed by atoms with Gasteiger partial charge in [-0.3, -0.25) is 4.79 Å². The first-order valence-electron chi connectivity index (χ1n) is 7.36. The van der Waals surface area contributed by atoms with Crippen LogP contribution in [0.4, 0.5) is 5.69 Å². The van der Waals surface area contributed by atoms with Crippen LogP contribution in [0.2, 0.25) is 0 Å². The van der Waals surface area contributed by atoms with E-state index in [9.17, 15) is 4.79 Å². The van der Waals surface area contributed by atoms with Crippen molar-refractivity contribution in [2.75, 3.05) is 31.6 Å². The lowest BCUT2D eigenvalue weighted by molar-refractivity contribution is -0.126. The molecule has 1 aromatic rings. The number of anilines is 1.